The first kappa shape index (κ1) is 16.6. The number of rotatable bonds is 8. The van der Waals surface area contributed by atoms with Gasteiger partial charge in [0, 0.05) is 0 Å². The molecule has 1 unspecified atom stereocenters. The zero-order valence-corrected chi connectivity index (χ0v) is 12.6. The third kappa shape index (κ3) is 3.54. The topological polar surface area (TPSA) is 63.6 Å². The van der Waals surface area contributed by atoms with Crippen LogP contribution in [0.4, 0.5) is 0 Å². The third-order valence-electron chi connectivity index (χ3n) is 3.08. The van der Waals surface area contributed by atoms with Crippen molar-refractivity contribution < 1.29 is 19.4 Å². The second-order valence-electron chi connectivity index (χ2n) is 4.24. The van der Waals surface area contributed by atoms with Crippen molar-refractivity contribution in [2.75, 3.05) is 18.1 Å². The van der Waals surface area contributed by atoms with Gasteiger partial charge in [0.2, 0.25) is 0 Å². The largest absolute Gasteiger partial charge is 0.480 e. The normalized spacial score (nSPS) is 13.5. The summed E-state index contributed by atoms with van der Waals surface area (Å²) < 4.78 is 5.02. The first-order valence-corrected chi connectivity index (χ1v) is 7.79. The Balaban J connectivity index is 3.20. The molecule has 4 nitrogen and oxygen atoms in total. The summed E-state index contributed by atoms with van der Waals surface area (Å²) in [6.45, 7) is 3.85. The van der Waals surface area contributed by atoms with Gasteiger partial charge in [0.15, 0.2) is 5.41 Å². The summed E-state index contributed by atoms with van der Waals surface area (Å²) in [5.41, 5.74) is -1.14. The highest BCUT2D eigenvalue weighted by Crippen LogP contribution is 2.32. The molecule has 0 aliphatic carbocycles. The fraction of sp³-hybridized carbons (Fsp3) is 0.467. The highest BCUT2D eigenvalue weighted by atomic mass is 32.2. The van der Waals surface area contributed by atoms with E-state index in [0.29, 0.717) is 11.3 Å². The smallest absolute Gasteiger partial charge is 0.328 e. The number of carbonyl (C=O) groups excluding carboxylic acids is 1. The van der Waals surface area contributed by atoms with Gasteiger partial charge in [-0.05, 0) is 30.4 Å². The summed E-state index contributed by atoms with van der Waals surface area (Å²) in [6.07, 6.45) is 0.226. The lowest BCUT2D eigenvalue weighted by Gasteiger charge is -2.27. The maximum atomic E-state index is 12.3. The van der Waals surface area contributed by atoms with E-state index >= 15 is 0 Å². The SMILES string of the molecule is CCOC(=O)C(CCSCC)(C(=O)O)c1ccccc1. The van der Waals surface area contributed by atoms with Crippen LogP contribution >= 0.6 is 11.8 Å². The molecule has 1 aromatic carbocycles. The molecule has 5 heteroatoms. The molecule has 0 amide bonds. The van der Waals surface area contributed by atoms with Crippen molar-refractivity contribution in [1.29, 1.82) is 0 Å². The zero-order valence-electron chi connectivity index (χ0n) is 11.8. The molecule has 0 saturated heterocycles. The second-order valence-corrected chi connectivity index (χ2v) is 5.64. The summed E-state index contributed by atoms with van der Waals surface area (Å²) in [5.74, 6) is -0.363. The van der Waals surface area contributed by atoms with Crippen molar-refractivity contribution in [1.82, 2.24) is 0 Å². The molecule has 0 aliphatic rings. The highest BCUT2D eigenvalue weighted by Gasteiger charge is 2.48. The van der Waals surface area contributed by atoms with Gasteiger partial charge in [-0.25, -0.2) is 0 Å². The predicted molar refractivity (Wildman–Crippen MR) is 80.0 cm³/mol. The maximum absolute atomic E-state index is 12.3. The first-order valence-electron chi connectivity index (χ1n) is 6.63. The van der Waals surface area contributed by atoms with Crippen LogP contribution in [-0.4, -0.2) is 35.2 Å². The average molecular weight is 296 g/mol. The molecule has 0 heterocycles. The summed E-state index contributed by atoms with van der Waals surface area (Å²) in [4.78, 5) is 24.1. The number of carboxylic acid groups (broad SMARTS) is 1. The Morgan fingerprint density at radius 2 is 1.90 bits per heavy atom. The minimum Gasteiger partial charge on any atom is -0.480 e. The van der Waals surface area contributed by atoms with Crippen LogP contribution in [0.25, 0.3) is 0 Å². The molecular weight excluding hydrogens is 276 g/mol. The standard InChI is InChI=1S/C15H20O4S/c1-3-19-14(18)15(13(16)17,10-11-20-4-2)12-8-6-5-7-9-12/h5-9H,3-4,10-11H2,1-2H3,(H,16,17). The van der Waals surface area contributed by atoms with Crippen molar-refractivity contribution >= 4 is 23.7 Å². The molecule has 20 heavy (non-hydrogen) atoms. The third-order valence-corrected chi connectivity index (χ3v) is 3.98. The van der Waals surface area contributed by atoms with E-state index in [-0.39, 0.29) is 13.0 Å². The summed E-state index contributed by atoms with van der Waals surface area (Å²) >= 11 is 1.61. The van der Waals surface area contributed by atoms with Gasteiger partial charge in [-0.3, -0.25) is 9.59 Å². The van der Waals surface area contributed by atoms with Crippen molar-refractivity contribution in [3.8, 4) is 0 Å². The number of esters is 1. The fourth-order valence-electron chi connectivity index (χ4n) is 2.03. The zero-order chi connectivity index (χ0) is 15.0. The van der Waals surface area contributed by atoms with Crippen LogP contribution in [-0.2, 0) is 19.7 Å². The van der Waals surface area contributed by atoms with Crippen LogP contribution in [0.5, 0.6) is 0 Å². The van der Waals surface area contributed by atoms with Gasteiger partial charge in [0.25, 0.3) is 0 Å². The quantitative estimate of drug-likeness (QED) is 0.454. The molecule has 1 aromatic rings. The van der Waals surface area contributed by atoms with E-state index in [4.69, 9.17) is 4.74 Å². The lowest BCUT2D eigenvalue weighted by molar-refractivity contribution is -0.161. The summed E-state index contributed by atoms with van der Waals surface area (Å²) in [7, 11) is 0. The number of carboxylic acids is 1. The van der Waals surface area contributed by atoms with E-state index in [1.165, 1.54) is 0 Å². The minimum absolute atomic E-state index is 0.168. The Kier molecular flexibility index (Phi) is 6.58. The number of aliphatic carboxylic acids is 1. The van der Waals surface area contributed by atoms with Crippen LogP contribution in [0.3, 0.4) is 0 Å². The molecule has 0 saturated carbocycles. The average Bonchev–Trinajstić information content (AvgIpc) is 2.44. The fourth-order valence-corrected chi connectivity index (χ4v) is 2.77. The molecule has 1 rings (SSSR count). The number of ether oxygens (including phenoxy) is 1. The number of thioether (sulfide) groups is 1. The van der Waals surface area contributed by atoms with Crippen molar-refractivity contribution in [3.63, 3.8) is 0 Å². The molecule has 0 fully saturated rings. The van der Waals surface area contributed by atoms with Crippen LogP contribution in [0.1, 0.15) is 25.8 Å². The van der Waals surface area contributed by atoms with E-state index in [1.807, 2.05) is 6.92 Å². The lowest BCUT2D eigenvalue weighted by atomic mass is 9.78. The molecule has 0 aromatic heterocycles. The van der Waals surface area contributed by atoms with Gasteiger partial charge >= 0.3 is 11.9 Å². The van der Waals surface area contributed by atoms with Crippen molar-refractivity contribution in [2.24, 2.45) is 0 Å². The van der Waals surface area contributed by atoms with E-state index in [0.717, 1.165) is 5.75 Å². The molecule has 1 atom stereocenters. The number of hydrogen-bond donors (Lipinski definition) is 1. The monoisotopic (exact) mass is 296 g/mol. The van der Waals surface area contributed by atoms with Crippen LogP contribution < -0.4 is 0 Å². The lowest BCUT2D eigenvalue weighted by Crippen LogP contribution is -2.45. The minimum atomic E-state index is -1.61. The molecule has 0 aliphatic heterocycles. The molecule has 0 radical (unpaired) electrons. The Morgan fingerprint density at radius 3 is 2.40 bits per heavy atom. The van der Waals surface area contributed by atoms with E-state index in [1.54, 1.807) is 49.0 Å². The van der Waals surface area contributed by atoms with Crippen molar-refractivity contribution in [2.45, 2.75) is 25.7 Å². The van der Waals surface area contributed by atoms with Gasteiger partial charge in [-0.15, -0.1) is 0 Å². The van der Waals surface area contributed by atoms with Crippen LogP contribution in [0, 0.1) is 0 Å². The molecule has 1 N–H and O–H groups in total. The molecule has 0 spiro atoms. The van der Waals surface area contributed by atoms with Crippen LogP contribution in [0.15, 0.2) is 30.3 Å². The van der Waals surface area contributed by atoms with Gasteiger partial charge in [0.1, 0.15) is 0 Å². The van der Waals surface area contributed by atoms with Gasteiger partial charge in [0.05, 0.1) is 6.61 Å². The van der Waals surface area contributed by atoms with Gasteiger partial charge in [-0.1, -0.05) is 37.3 Å². The number of hydrogen-bond acceptors (Lipinski definition) is 4. The Hall–Kier alpha value is -1.49. The van der Waals surface area contributed by atoms with E-state index in [2.05, 4.69) is 0 Å². The Bertz CT molecular complexity index is 446. The number of benzene rings is 1. The van der Waals surface area contributed by atoms with Crippen molar-refractivity contribution in [3.05, 3.63) is 35.9 Å². The van der Waals surface area contributed by atoms with E-state index < -0.39 is 17.4 Å². The Morgan fingerprint density at radius 1 is 1.25 bits per heavy atom. The van der Waals surface area contributed by atoms with E-state index in [9.17, 15) is 14.7 Å². The van der Waals surface area contributed by atoms with Crippen LogP contribution in [0.2, 0.25) is 0 Å². The molecule has 0 bridgehead atoms. The van der Waals surface area contributed by atoms with Gasteiger partial charge in [-0.2, -0.15) is 11.8 Å². The highest BCUT2D eigenvalue weighted by molar-refractivity contribution is 7.99. The maximum Gasteiger partial charge on any atom is 0.328 e. The number of carbonyl (C=O) groups is 2. The molecular formula is C15H20O4S. The Labute approximate surface area is 123 Å². The predicted octanol–water partition coefficient (Wildman–Crippen LogP) is 2.72. The second kappa shape index (κ2) is 7.94. The van der Waals surface area contributed by atoms with Gasteiger partial charge < -0.3 is 9.84 Å². The summed E-state index contributed by atoms with van der Waals surface area (Å²) in [6, 6.07) is 8.60. The first-order chi connectivity index (χ1) is 9.59. The molecule has 110 valence electrons. The summed E-state index contributed by atoms with van der Waals surface area (Å²) in [5, 5.41) is 9.66.